The van der Waals surface area contributed by atoms with Crippen LogP contribution in [0, 0.1) is 5.41 Å². The van der Waals surface area contributed by atoms with E-state index in [4.69, 9.17) is 37.1 Å². The summed E-state index contributed by atoms with van der Waals surface area (Å²) in [5.74, 6) is -0.642. The number of nitrogen functional groups attached to an aromatic ring is 2. The van der Waals surface area contributed by atoms with E-state index in [1.165, 1.54) is 24.3 Å². The Hall–Kier alpha value is -4.81. The van der Waals surface area contributed by atoms with E-state index in [-0.39, 0.29) is 37.4 Å². The quantitative estimate of drug-likeness (QED) is 0.230. The zero-order valence-electron chi connectivity index (χ0n) is 23.4. The number of nitrogens with zero attached hydrogens (tertiary/aromatic N) is 1. The molecule has 13 heteroatoms. The minimum Gasteiger partial charge on any atom is -0.490 e. The Morgan fingerprint density at radius 3 is 1.66 bits per heavy atom. The van der Waals surface area contributed by atoms with Crippen molar-refractivity contribution in [1.82, 2.24) is 4.90 Å². The first kappa shape index (κ1) is 29.2. The number of amides is 3. The number of primary amides is 2. The van der Waals surface area contributed by atoms with Crippen LogP contribution in [0.25, 0.3) is 0 Å². The molecule has 0 atom stereocenters. The van der Waals surface area contributed by atoms with Crippen LogP contribution in [-0.4, -0.2) is 67.8 Å². The van der Waals surface area contributed by atoms with Gasteiger partial charge >= 0.3 is 6.09 Å². The lowest BCUT2D eigenvalue weighted by Crippen LogP contribution is -2.64. The second-order valence-corrected chi connectivity index (χ2v) is 11.3. The summed E-state index contributed by atoms with van der Waals surface area (Å²) in [6.45, 7) is 6.86. The summed E-state index contributed by atoms with van der Waals surface area (Å²) in [5.41, 5.74) is 24.2. The van der Waals surface area contributed by atoms with E-state index in [2.05, 4.69) is 10.6 Å². The first-order valence-electron chi connectivity index (χ1n) is 13.1. The summed E-state index contributed by atoms with van der Waals surface area (Å²) in [6, 6.07) is 6.02. The van der Waals surface area contributed by atoms with Crippen molar-refractivity contribution >= 4 is 40.7 Å². The van der Waals surface area contributed by atoms with Crippen molar-refractivity contribution in [3.8, 4) is 11.5 Å². The van der Waals surface area contributed by atoms with Gasteiger partial charge in [0.2, 0.25) is 11.8 Å². The average molecular weight is 568 g/mol. The molecular weight excluding hydrogens is 530 g/mol. The highest BCUT2D eigenvalue weighted by atomic mass is 16.6. The van der Waals surface area contributed by atoms with Crippen molar-refractivity contribution in [3.63, 3.8) is 0 Å². The maximum absolute atomic E-state index is 12.8. The fourth-order valence-corrected chi connectivity index (χ4v) is 4.56. The van der Waals surface area contributed by atoms with Crippen LogP contribution in [0.5, 0.6) is 11.5 Å². The number of hydrogen-bond donors (Lipinski definition) is 6. The third kappa shape index (κ3) is 6.86. The average Bonchev–Trinajstić information content (AvgIpc) is 2.85. The fourth-order valence-electron chi connectivity index (χ4n) is 4.56. The van der Waals surface area contributed by atoms with Gasteiger partial charge < -0.3 is 52.7 Å². The van der Waals surface area contributed by atoms with E-state index in [1.807, 2.05) is 12.2 Å². The van der Waals surface area contributed by atoms with Crippen LogP contribution in [0.1, 0.15) is 41.5 Å². The Kier molecular flexibility index (Phi) is 8.08. The first-order chi connectivity index (χ1) is 19.3. The summed E-state index contributed by atoms with van der Waals surface area (Å²) in [6.07, 6.45) is 3.28. The molecule has 1 spiro atoms. The van der Waals surface area contributed by atoms with Gasteiger partial charge in [-0.1, -0.05) is 12.2 Å². The molecule has 0 bridgehead atoms. The second kappa shape index (κ2) is 11.4. The van der Waals surface area contributed by atoms with Crippen LogP contribution in [-0.2, 0) is 4.74 Å². The zero-order chi connectivity index (χ0) is 29.9. The van der Waals surface area contributed by atoms with E-state index < -0.39 is 28.9 Å². The molecule has 10 N–H and O–H groups in total. The van der Waals surface area contributed by atoms with Gasteiger partial charge in [0.1, 0.15) is 41.7 Å². The highest BCUT2D eigenvalue weighted by Gasteiger charge is 2.48. The van der Waals surface area contributed by atoms with Crippen molar-refractivity contribution in [3.05, 3.63) is 47.5 Å². The molecule has 220 valence electrons. The number of rotatable bonds is 2. The van der Waals surface area contributed by atoms with Gasteiger partial charge in [-0.2, -0.15) is 0 Å². The fraction of sp³-hybridized carbons (Fsp3) is 0.393. The number of carbonyl (C=O) groups is 3. The molecule has 0 saturated carbocycles. The van der Waals surface area contributed by atoms with Crippen molar-refractivity contribution in [2.75, 3.05) is 61.5 Å². The molecule has 2 aliphatic rings. The molecule has 0 radical (unpaired) electrons. The summed E-state index contributed by atoms with van der Waals surface area (Å²) in [4.78, 5) is 38.2. The monoisotopic (exact) mass is 567 g/mol. The lowest BCUT2D eigenvalue weighted by molar-refractivity contribution is -0.0694. The van der Waals surface area contributed by atoms with Crippen LogP contribution in [0.3, 0.4) is 0 Å². The van der Waals surface area contributed by atoms with E-state index in [9.17, 15) is 14.4 Å². The zero-order valence-corrected chi connectivity index (χ0v) is 23.4. The molecule has 2 heterocycles. The SMILES string of the molecule is CC(C)(C)OC(=O)N1CC2(COc3cc(C(N)=O)cc(N)c3NC/C=C/CNc3c(N)cc(C(N)=O)cc3OC2)C1. The molecule has 1 fully saturated rings. The topological polar surface area (TPSA) is 210 Å². The molecular formula is C28H37N7O6. The van der Waals surface area contributed by atoms with E-state index in [0.717, 1.165) is 0 Å². The Bertz CT molecular complexity index is 1300. The molecule has 0 aromatic heterocycles. The van der Waals surface area contributed by atoms with Gasteiger partial charge in [-0.05, 0) is 45.0 Å². The number of carbonyl (C=O) groups excluding carboxylic acids is 3. The van der Waals surface area contributed by atoms with Crippen molar-refractivity contribution < 1.29 is 28.6 Å². The molecule has 13 nitrogen and oxygen atoms in total. The number of anilines is 4. The van der Waals surface area contributed by atoms with Crippen molar-refractivity contribution in [2.24, 2.45) is 16.9 Å². The maximum atomic E-state index is 12.8. The number of nitrogens with one attached hydrogen (secondary N) is 2. The van der Waals surface area contributed by atoms with Gasteiger partial charge in [-0.25, -0.2) is 4.79 Å². The third-order valence-electron chi connectivity index (χ3n) is 6.57. The van der Waals surface area contributed by atoms with Gasteiger partial charge in [-0.3, -0.25) is 9.59 Å². The van der Waals surface area contributed by atoms with Gasteiger partial charge in [-0.15, -0.1) is 0 Å². The summed E-state index contributed by atoms with van der Waals surface area (Å²) < 4.78 is 18.0. The summed E-state index contributed by atoms with van der Waals surface area (Å²) >= 11 is 0. The molecule has 3 amide bonds. The van der Waals surface area contributed by atoms with Crippen LogP contribution in [0.4, 0.5) is 27.5 Å². The predicted molar refractivity (Wildman–Crippen MR) is 156 cm³/mol. The van der Waals surface area contributed by atoms with Crippen LogP contribution >= 0.6 is 0 Å². The second-order valence-electron chi connectivity index (χ2n) is 11.3. The number of hydrogen-bond acceptors (Lipinski definition) is 10. The first-order valence-corrected chi connectivity index (χ1v) is 13.1. The summed E-state index contributed by atoms with van der Waals surface area (Å²) in [5, 5.41) is 6.45. The Morgan fingerprint density at radius 2 is 1.27 bits per heavy atom. The predicted octanol–water partition coefficient (Wildman–Crippen LogP) is 2.14. The smallest absolute Gasteiger partial charge is 0.410 e. The van der Waals surface area contributed by atoms with E-state index in [0.29, 0.717) is 47.3 Å². The van der Waals surface area contributed by atoms with Crippen LogP contribution in [0.15, 0.2) is 36.4 Å². The summed E-state index contributed by atoms with van der Waals surface area (Å²) in [7, 11) is 0. The van der Waals surface area contributed by atoms with Gasteiger partial charge in [0, 0.05) is 37.3 Å². The van der Waals surface area contributed by atoms with Gasteiger partial charge in [0.15, 0.2) is 0 Å². The molecule has 2 aromatic rings. The van der Waals surface area contributed by atoms with Crippen LogP contribution < -0.4 is 43.0 Å². The van der Waals surface area contributed by atoms with Crippen LogP contribution in [0.2, 0.25) is 0 Å². The van der Waals surface area contributed by atoms with Crippen molar-refractivity contribution in [2.45, 2.75) is 26.4 Å². The van der Waals surface area contributed by atoms with Crippen molar-refractivity contribution in [1.29, 1.82) is 0 Å². The van der Waals surface area contributed by atoms with E-state index in [1.54, 1.807) is 25.7 Å². The van der Waals surface area contributed by atoms with Gasteiger partial charge in [0.05, 0.1) is 16.8 Å². The molecule has 0 aliphatic carbocycles. The normalized spacial score (nSPS) is 17.4. The molecule has 2 aliphatic heterocycles. The Balaban J connectivity index is 1.69. The number of likely N-dealkylation sites (tertiary alicyclic amines) is 1. The molecule has 0 unspecified atom stereocenters. The van der Waals surface area contributed by atoms with Gasteiger partial charge in [0.25, 0.3) is 0 Å². The number of fused-ring (bicyclic) bond motifs is 2. The third-order valence-corrected chi connectivity index (χ3v) is 6.57. The Morgan fingerprint density at radius 1 is 0.829 bits per heavy atom. The number of benzene rings is 2. The Labute approximate surface area is 238 Å². The van der Waals surface area contributed by atoms with E-state index >= 15 is 0 Å². The lowest BCUT2D eigenvalue weighted by Gasteiger charge is -2.49. The molecule has 1 saturated heterocycles. The molecule has 2 aromatic carbocycles. The standard InChI is InChI=1S/C28H37N7O6/c1-27(2,3)41-26(38)35-12-28(13-35)14-39-20-10-16(24(31)36)8-18(29)22(20)33-6-4-5-7-34-23-19(30)9-17(25(32)37)11-21(23)40-15-28/h4-5,8-11,33-34H,6-7,12-15,29-30H2,1-3H3,(H2,31,36)(H2,32,37)/b5-4+. The highest BCUT2D eigenvalue weighted by Crippen LogP contribution is 2.39. The lowest BCUT2D eigenvalue weighted by atomic mass is 9.81. The maximum Gasteiger partial charge on any atom is 0.410 e. The highest BCUT2D eigenvalue weighted by molar-refractivity contribution is 5.97. The number of nitrogens with two attached hydrogens (primary N) is 4. The largest absolute Gasteiger partial charge is 0.490 e. The molecule has 41 heavy (non-hydrogen) atoms. The number of ether oxygens (including phenoxy) is 3. The molecule has 4 rings (SSSR count). The minimum atomic E-state index is -0.696. The minimum absolute atomic E-state index is 0.0895.